The predicted molar refractivity (Wildman–Crippen MR) is 377 cm³/mol. The molecule has 4 aromatic carbocycles. The number of aromatic hydroxyl groups is 1. The monoisotopic (exact) mass is 1370 g/mol. The SMILES string of the molecule is CCOC(=O)Cc1ccc(OC)c(O)c1.CCOC(=O)Cc1ccc(OC)c(OCCCN(C)C(=O)CCCCC2CCCC2)c1.CCOC(=O)Cc1ccc(OC)c(OCCCNC)c1.[B]C(=O)N(C)CCCO.[B]C(=O)N(C)CCCOc1cc(CC(=O)OCC)ccc1OC. The maximum absolute atomic E-state index is 12.3. The molecule has 5 rings (SSSR count). The first kappa shape index (κ1) is 87.6. The van der Waals surface area contributed by atoms with Crippen LogP contribution in [-0.4, -0.2) is 218 Å². The van der Waals surface area contributed by atoms with Crippen molar-refractivity contribution >= 4 is 57.1 Å². The fourth-order valence-corrected chi connectivity index (χ4v) is 9.44. The smallest absolute Gasteiger partial charge is 0.310 e. The number of phenols is 1. The summed E-state index contributed by atoms with van der Waals surface area (Å²) in [5.74, 6) is 3.20. The average Bonchev–Trinajstić information content (AvgIpc) is 0.967. The minimum atomic E-state index is -0.473. The lowest BCUT2D eigenvalue weighted by molar-refractivity contribution is -0.143. The Labute approximate surface area is 583 Å². The van der Waals surface area contributed by atoms with Crippen LogP contribution in [0.2, 0.25) is 0 Å². The number of aliphatic hydroxyl groups is 1. The summed E-state index contributed by atoms with van der Waals surface area (Å²) in [6.45, 7) is 12.7. The van der Waals surface area contributed by atoms with Crippen molar-refractivity contribution in [2.75, 3.05) is 136 Å². The summed E-state index contributed by atoms with van der Waals surface area (Å²) in [6, 6.07) is 21.1. The van der Waals surface area contributed by atoms with E-state index in [1.807, 2.05) is 44.4 Å². The molecule has 0 bridgehead atoms. The number of nitrogens with zero attached hydrogens (tertiary/aromatic N) is 3. The standard InChI is InChI=1S/C25H39NO5.C16H22BNO5.C15H23NO4.C11H14O4.C5H10BNO2/c1-4-30-25(28)19-21-14-15-22(29-3)23(18-21)31-17-9-16-26(2)24(27)13-8-7-12-20-10-5-6-11-20;1-4-22-15(19)11-12-6-7-13(21-3)14(10-12)23-9-5-8-18(2)16(17)20;1-4-19-15(17)11-12-6-7-13(18-3)14(10-12)20-9-5-8-16-2;1-3-15-11(13)7-8-4-5-10(14-2)9(12)6-8;1-7(5(6)9)3-2-4-8/h14-15,18,20H,4-13,16-17,19H2,1-3H3;6-7,10H,4-5,8-9,11H2,1-3H3;6-7,10,16H,4-5,8-9,11H2,1-3H3;4-6,12H,3,7H2,1-2H3;8H,2-4H2,1H3. The van der Waals surface area contributed by atoms with E-state index >= 15 is 0 Å². The molecule has 98 heavy (non-hydrogen) atoms. The van der Waals surface area contributed by atoms with Gasteiger partial charge in [0.15, 0.2) is 57.6 Å². The molecule has 1 aliphatic rings. The molecule has 3 amide bonds. The van der Waals surface area contributed by atoms with Gasteiger partial charge in [-0.25, -0.2) is 0 Å². The fourth-order valence-electron chi connectivity index (χ4n) is 9.44. The van der Waals surface area contributed by atoms with Crippen molar-refractivity contribution in [2.24, 2.45) is 5.92 Å². The number of hydrogen-bond acceptors (Lipinski definition) is 21. The average molecular weight is 1370 g/mol. The summed E-state index contributed by atoms with van der Waals surface area (Å²) in [7, 11) is 23.2. The number of esters is 4. The topological polar surface area (TPSA) is 283 Å². The van der Waals surface area contributed by atoms with Crippen molar-refractivity contribution in [2.45, 2.75) is 130 Å². The van der Waals surface area contributed by atoms with Crippen LogP contribution in [0.15, 0.2) is 72.8 Å². The second kappa shape index (κ2) is 53.6. The predicted octanol–water partition coefficient (Wildman–Crippen LogP) is 9.45. The fraction of sp³-hybridized carbons (Fsp3) is 0.569. The Morgan fingerprint density at radius 3 is 1.15 bits per heavy atom. The Bertz CT molecular complexity index is 2930. The molecule has 0 saturated heterocycles. The molecule has 0 aliphatic heterocycles. The first-order chi connectivity index (χ1) is 47.1. The number of rotatable bonds is 39. The summed E-state index contributed by atoms with van der Waals surface area (Å²) in [5.41, 5.74) is 3.16. The number of benzene rings is 4. The van der Waals surface area contributed by atoms with E-state index in [0.717, 1.165) is 54.8 Å². The van der Waals surface area contributed by atoms with Crippen LogP contribution in [0.25, 0.3) is 0 Å². The lowest BCUT2D eigenvalue weighted by atomic mass is 10.00. The van der Waals surface area contributed by atoms with Gasteiger partial charge in [0.1, 0.15) is 0 Å². The number of carbonyl (C=O) groups is 7. The van der Waals surface area contributed by atoms with E-state index in [1.165, 1.54) is 55.1 Å². The number of ether oxygens (including phenoxy) is 11. The van der Waals surface area contributed by atoms with Crippen LogP contribution in [-0.2, 0) is 68.6 Å². The zero-order chi connectivity index (χ0) is 73.0. The van der Waals surface area contributed by atoms with Crippen LogP contribution in [0.1, 0.15) is 127 Å². The van der Waals surface area contributed by atoms with Gasteiger partial charge in [-0.2, -0.15) is 0 Å². The minimum absolute atomic E-state index is 0.0271. The van der Waals surface area contributed by atoms with Crippen molar-refractivity contribution in [3.63, 3.8) is 0 Å². The summed E-state index contributed by atoms with van der Waals surface area (Å²) >= 11 is 0. The Kier molecular flexibility index (Phi) is 48.0. The number of nitrogens with one attached hydrogen (secondary N) is 1. The molecular formula is C72H108B2N4O20. The molecule has 0 spiro atoms. The van der Waals surface area contributed by atoms with Gasteiger partial charge >= 0.3 is 23.9 Å². The molecule has 0 atom stereocenters. The maximum atomic E-state index is 12.3. The Morgan fingerprint density at radius 1 is 0.469 bits per heavy atom. The first-order valence-corrected chi connectivity index (χ1v) is 33.4. The van der Waals surface area contributed by atoms with Crippen LogP contribution in [0.5, 0.6) is 46.0 Å². The molecule has 24 nitrogen and oxygen atoms in total. The highest BCUT2D eigenvalue weighted by atomic mass is 16.6. The molecule has 542 valence electrons. The first-order valence-electron chi connectivity index (χ1n) is 33.4. The van der Waals surface area contributed by atoms with E-state index < -0.39 is 11.6 Å². The largest absolute Gasteiger partial charge is 0.504 e. The van der Waals surface area contributed by atoms with E-state index in [2.05, 4.69) is 5.32 Å². The lowest BCUT2D eigenvalue weighted by Gasteiger charge is -2.18. The van der Waals surface area contributed by atoms with E-state index in [-0.39, 0.29) is 67.8 Å². The van der Waals surface area contributed by atoms with E-state index in [9.17, 15) is 38.7 Å². The molecule has 1 saturated carbocycles. The molecule has 4 aromatic rings. The van der Waals surface area contributed by atoms with Gasteiger partial charge in [0.2, 0.25) is 21.6 Å². The Hall–Kier alpha value is -8.38. The maximum Gasteiger partial charge on any atom is 0.310 e. The normalized spacial score (nSPS) is 11.1. The molecule has 3 N–H and O–H groups in total. The Balaban J connectivity index is 0.000000643. The lowest BCUT2D eigenvalue weighted by Crippen LogP contribution is -2.28. The zero-order valence-electron chi connectivity index (χ0n) is 60.0. The van der Waals surface area contributed by atoms with Gasteiger partial charge in [-0.3, -0.25) is 33.6 Å². The quantitative estimate of drug-likeness (QED) is 0.0162. The number of hydrogen-bond donors (Lipinski definition) is 3. The van der Waals surface area contributed by atoms with Crippen molar-refractivity contribution in [1.82, 2.24) is 20.0 Å². The van der Waals surface area contributed by atoms with Crippen LogP contribution in [0, 0.1) is 5.92 Å². The van der Waals surface area contributed by atoms with E-state index in [4.69, 9.17) is 72.9 Å². The number of carbonyl (C=O) groups excluding carboxylic acids is 7. The molecular weight excluding hydrogens is 1260 g/mol. The van der Waals surface area contributed by atoms with E-state index in [1.54, 1.807) is 104 Å². The number of unbranched alkanes of at least 4 members (excludes halogenated alkanes) is 1. The zero-order valence-corrected chi connectivity index (χ0v) is 60.0. The van der Waals surface area contributed by atoms with Gasteiger partial charge in [-0.15, -0.1) is 0 Å². The van der Waals surface area contributed by atoms with Gasteiger partial charge in [-0.1, -0.05) is 62.8 Å². The molecule has 0 aromatic heterocycles. The van der Waals surface area contributed by atoms with Crippen LogP contribution in [0.4, 0.5) is 9.59 Å². The van der Waals surface area contributed by atoms with Gasteiger partial charge < -0.3 is 82.3 Å². The van der Waals surface area contributed by atoms with Gasteiger partial charge in [0, 0.05) is 53.8 Å². The highest BCUT2D eigenvalue weighted by Gasteiger charge is 2.17. The molecule has 0 heterocycles. The summed E-state index contributed by atoms with van der Waals surface area (Å²) in [5, 5.41) is 20.8. The van der Waals surface area contributed by atoms with Gasteiger partial charge in [0.25, 0.3) is 0 Å². The number of methoxy groups -OCH3 is 4. The third-order valence-corrected chi connectivity index (χ3v) is 14.7. The number of phenolic OH excluding ortho intramolecular Hbond substituents is 1. The molecule has 1 aliphatic carbocycles. The molecule has 1 fully saturated rings. The van der Waals surface area contributed by atoms with E-state index in [0.29, 0.717) is 131 Å². The van der Waals surface area contributed by atoms with Crippen LogP contribution < -0.4 is 38.5 Å². The van der Waals surface area contributed by atoms with Crippen molar-refractivity contribution in [1.29, 1.82) is 0 Å². The highest BCUT2D eigenvalue weighted by molar-refractivity contribution is 6.57. The van der Waals surface area contributed by atoms with Crippen molar-refractivity contribution in [3.8, 4) is 46.0 Å². The van der Waals surface area contributed by atoms with Crippen LogP contribution in [0.3, 0.4) is 0 Å². The second-order valence-electron chi connectivity index (χ2n) is 22.4. The highest BCUT2D eigenvalue weighted by Crippen LogP contribution is 2.32. The summed E-state index contributed by atoms with van der Waals surface area (Å²) in [4.78, 5) is 83.9. The molecule has 0 unspecified atom stereocenters. The van der Waals surface area contributed by atoms with Crippen LogP contribution >= 0.6 is 0 Å². The van der Waals surface area contributed by atoms with Gasteiger partial charge in [0.05, 0.1) is 100 Å². The Morgan fingerprint density at radius 2 is 0.816 bits per heavy atom. The second-order valence-corrected chi connectivity index (χ2v) is 22.4. The third kappa shape index (κ3) is 39.1. The van der Waals surface area contributed by atoms with Crippen molar-refractivity contribution in [3.05, 3.63) is 95.1 Å². The molecule has 26 heteroatoms. The van der Waals surface area contributed by atoms with Crippen molar-refractivity contribution < 1.29 is 95.9 Å². The molecule has 4 radical (unpaired) electrons. The summed E-state index contributed by atoms with van der Waals surface area (Å²) < 4.78 is 57.7. The minimum Gasteiger partial charge on any atom is -0.504 e. The third-order valence-electron chi connectivity index (χ3n) is 14.7. The number of amides is 3. The number of aliphatic hydroxyl groups excluding tert-OH is 1. The summed E-state index contributed by atoms with van der Waals surface area (Å²) in [6.07, 6.45) is 13.2. The van der Waals surface area contributed by atoms with Gasteiger partial charge in [-0.05, 0) is 150 Å².